The molecular formula is C19H22ClN5O3. The Morgan fingerprint density at radius 1 is 1.18 bits per heavy atom. The number of hydrogen-bond acceptors (Lipinski definition) is 5. The van der Waals surface area contributed by atoms with E-state index in [0.29, 0.717) is 41.9 Å². The highest BCUT2D eigenvalue weighted by atomic mass is 35.5. The molecule has 0 saturated carbocycles. The highest BCUT2D eigenvalue weighted by Gasteiger charge is 2.26. The second-order valence-corrected chi connectivity index (χ2v) is 7.15. The molecule has 4 rings (SSSR count). The maximum absolute atomic E-state index is 13.1. The third kappa shape index (κ3) is 3.02. The topological polar surface area (TPSA) is 74.3 Å². The van der Waals surface area contributed by atoms with Crippen LogP contribution in [0.1, 0.15) is 13.3 Å². The van der Waals surface area contributed by atoms with Gasteiger partial charge in [-0.05, 0) is 37.6 Å². The fraction of sp³-hybridized carbons (Fsp3) is 0.421. The molecule has 0 atom stereocenters. The smallest absolute Gasteiger partial charge is 0.332 e. The highest BCUT2D eigenvalue weighted by molar-refractivity contribution is 6.30. The van der Waals surface area contributed by atoms with Crippen LogP contribution in [0.25, 0.3) is 11.2 Å². The Bertz CT molecular complexity index is 1130. The van der Waals surface area contributed by atoms with Gasteiger partial charge in [0.1, 0.15) is 0 Å². The Labute approximate surface area is 166 Å². The van der Waals surface area contributed by atoms with Gasteiger partial charge in [-0.2, -0.15) is 4.98 Å². The van der Waals surface area contributed by atoms with Gasteiger partial charge >= 0.3 is 5.69 Å². The molecule has 0 spiro atoms. The average molecular weight is 404 g/mol. The molecule has 9 heteroatoms. The van der Waals surface area contributed by atoms with Crippen LogP contribution in [0.2, 0.25) is 5.02 Å². The van der Waals surface area contributed by atoms with Crippen LogP contribution in [-0.2, 0) is 24.9 Å². The van der Waals surface area contributed by atoms with Crippen LogP contribution in [0, 0.1) is 0 Å². The summed E-state index contributed by atoms with van der Waals surface area (Å²) in [4.78, 5) is 32.5. The van der Waals surface area contributed by atoms with Gasteiger partial charge in [0.25, 0.3) is 5.56 Å². The number of halogens is 1. The molecule has 0 aliphatic carbocycles. The van der Waals surface area contributed by atoms with Crippen molar-refractivity contribution in [3.8, 4) is 0 Å². The molecule has 148 valence electrons. The molecule has 1 aromatic carbocycles. The first-order chi connectivity index (χ1) is 13.5. The van der Waals surface area contributed by atoms with Crippen molar-refractivity contribution in [1.29, 1.82) is 0 Å². The minimum Gasteiger partial charge on any atom is -0.380 e. The summed E-state index contributed by atoms with van der Waals surface area (Å²) >= 11 is 6.01. The standard InChI is InChI=1S/C19H22ClN5O3/c1-3-28-12-11-25-17(26)15-16(22(2)19(25)27)21-18-23(9-4-10-24(15)18)14-7-5-13(20)6-8-14/h5-8H,3-4,9-12H2,1-2H3. The zero-order chi connectivity index (χ0) is 19.8. The van der Waals surface area contributed by atoms with E-state index >= 15 is 0 Å². The molecule has 0 unspecified atom stereocenters. The van der Waals surface area contributed by atoms with E-state index in [4.69, 9.17) is 16.3 Å². The van der Waals surface area contributed by atoms with Crippen LogP contribution in [-0.4, -0.2) is 38.4 Å². The number of fused-ring (bicyclic) bond motifs is 3. The van der Waals surface area contributed by atoms with E-state index in [-0.39, 0.29) is 17.8 Å². The third-order valence-corrected chi connectivity index (χ3v) is 5.27. The minimum absolute atomic E-state index is 0.219. The predicted molar refractivity (Wildman–Crippen MR) is 109 cm³/mol. The van der Waals surface area contributed by atoms with E-state index in [1.165, 1.54) is 9.13 Å². The molecule has 0 saturated heterocycles. The minimum atomic E-state index is -0.384. The number of ether oxygens (including phenoxy) is 1. The second-order valence-electron chi connectivity index (χ2n) is 6.71. The van der Waals surface area contributed by atoms with Gasteiger partial charge in [-0.25, -0.2) is 4.79 Å². The number of aromatic nitrogens is 4. The summed E-state index contributed by atoms with van der Waals surface area (Å²) in [6, 6.07) is 7.51. The van der Waals surface area contributed by atoms with Gasteiger partial charge in [-0.15, -0.1) is 0 Å². The van der Waals surface area contributed by atoms with E-state index in [1.807, 2.05) is 40.7 Å². The first kappa shape index (κ1) is 18.8. The number of imidazole rings is 1. The lowest BCUT2D eigenvalue weighted by Gasteiger charge is -2.29. The van der Waals surface area contributed by atoms with Crippen LogP contribution in [0.4, 0.5) is 11.6 Å². The maximum atomic E-state index is 13.1. The molecule has 28 heavy (non-hydrogen) atoms. The summed E-state index contributed by atoms with van der Waals surface area (Å²) in [5, 5.41) is 0.661. The summed E-state index contributed by atoms with van der Waals surface area (Å²) < 4.78 is 9.91. The fourth-order valence-corrected chi connectivity index (χ4v) is 3.75. The van der Waals surface area contributed by atoms with Crippen molar-refractivity contribution in [3.05, 3.63) is 50.1 Å². The van der Waals surface area contributed by atoms with Crippen molar-refractivity contribution < 1.29 is 4.74 Å². The van der Waals surface area contributed by atoms with Crippen molar-refractivity contribution in [2.75, 3.05) is 24.7 Å². The lowest BCUT2D eigenvalue weighted by atomic mass is 10.2. The maximum Gasteiger partial charge on any atom is 0.332 e. The van der Waals surface area contributed by atoms with Gasteiger partial charge in [0.2, 0.25) is 5.95 Å². The molecule has 3 aromatic rings. The van der Waals surface area contributed by atoms with Crippen molar-refractivity contribution in [3.63, 3.8) is 0 Å². The fourth-order valence-electron chi connectivity index (χ4n) is 3.63. The molecule has 1 aliphatic heterocycles. The second kappa shape index (κ2) is 7.44. The monoisotopic (exact) mass is 403 g/mol. The number of rotatable bonds is 5. The molecule has 1 aliphatic rings. The zero-order valence-electron chi connectivity index (χ0n) is 15.9. The van der Waals surface area contributed by atoms with Gasteiger partial charge in [0, 0.05) is 37.5 Å². The molecule has 0 N–H and O–H groups in total. The molecule has 2 aromatic heterocycles. The molecule has 0 fully saturated rings. The Balaban J connectivity index is 1.88. The first-order valence-corrected chi connectivity index (χ1v) is 9.71. The number of nitrogens with zero attached hydrogens (tertiary/aromatic N) is 5. The average Bonchev–Trinajstić information content (AvgIpc) is 3.09. The highest BCUT2D eigenvalue weighted by Crippen LogP contribution is 2.31. The van der Waals surface area contributed by atoms with Crippen molar-refractivity contribution in [2.45, 2.75) is 26.4 Å². The van der Waals surface area contributed by atoms with Crippen LogP contribution < -0.4 is 16.1 Å². The van der Waals surface area contributed by atoms with Crippen LogP contribution in [0.15, 0.2) is 33.9 Å². The molecular weight excluding hydrogens is 382 g/mol. The van der Waals surface area contributed by atoms with E-state index in [0.717, 1.165) is 18.7 Å². The molecule has 0 amide bonds. The van der Waals surface area contributed by atoms with Crippen LogP contribution in [0.3, 0.4) is 0 Å². The van der Waals surface area contributed by atoms with E-state index in [9.17, 15) is 9.59 Å². The largest absolute Gasteiger partial charge is 0.380 e. The lowest BCUT2D eigenvalue weighted by molar-refractivity contribution is 0.137. The van der Waals surface area contributed by atoms with E-state index in [1.54, 1.807) is 7.05 Å². The quantitative estimate of drug-likeness (QED) is 0.610. The van der Waals surface area contributed by atoms with Gasteiger partial charge < -0.3 is 14.2 Å². The summed E-state index contributed by atoms with van der Waals surface area (Å²) in [5.41, 5.74) is 1.09. The summed E-state index contributed by atoms with van der Waals surface area (Å²) in [5.74, 6) is 0.665. The van der Waals surface area contributed by atoms with Crippen molar-refractivity contribution in [1.82, 2.24) is 18.7 Å². The van der Waals surface area contributed by atoms with Gasteiger partial charge in [-0.3, -0.25) is 13.9 Å². The summed E-state index contributed by atoms with van der Waals surface area (Å²) in [7, 11) is 1.65. The van der Waals surface area contributed by atoms with Crippen molar-refractivity contribution >= 4 is 34.4 Å². The zero-order valence-corrected chi connectivity index (χ0v) is 16.6. The van der Waals surface area contributed by atoms with E-state index in [2.05, 4.69) is 4.98 Å². The van der Waals surface area contributed by atoms with Gasteiger partial charge in [0.05, 0.1) is 13.2 Å². The predicted octanol–water partition coefficient (Wildman–Crippen LogP) is 2.13. The summed E-state index contributed by atoms with van der Waals surface area (Å²) in [6.07, 6.45) is 0.863. The molecule has 0 radical (unpaired) electrons. The molecule has 3 heterocycles. The number of anilines is 2. The Hall–Kier alpha value is -2.58. The van der Waals surface area contributed by atoms with Gasteiger partial charge in [0.15, 0.2) is 11.2 Å². The Kier molecular flexibility index (Phi) is 4.99. The number of benzene rings is 1. The SMILES string of the molecule is CCOCCn1c(=O)c2c(nc3n2CCCN3c2ccc(Cl)cc2)n(C)c1=O. The van der Waals surface area contributed by atoms with Crippen LogP contribution in [0.5, 0.6) is 0 Å². The number of hydrogen-bond donors (Lipinski definition) is 0. The Morgan fingerprint density at radius 3 is 2.64 bits per heavy atom. The van der Waals surface area contributed by atoms with Crippen molar-refractivity contribution in [2.24, 2.45) is 7.05 Å². The molecule has 0 bridgehead atoms. The third-order valence-electron chi connectivity index (χ3n) is 5.02. The van der Waals surface area contributed by atoms with Gasteiger partial charge in [-0.1, -0.05) is 11.6 Å². The lowest BCUT2D eigenvalue weighted by Crippen LogP contribution is -2.40. The first-order valence-electron chi connectivity index (χ1n) is 9.34. The molecule has 8 nitrogen and oxygen atoms in total. The van der Waals surface area contributed by atoms with E-state index < -0.39 is 0 Å². The summed E-state index contributed by atoms with van der Waals surface area (Å²) in [6.45, 7) is 4.40. The Morgan fingerprint density at radius 2 is 1.93 bits per heavy atom. The normalized spacial score (nSPS) is 13.9. The van der Waals surface area contributed by atoms with Crippen LogP contribution >= 0.6 is 11.6 Å². The number of aryl methyl sites for hydroxylation is 2.